The van der Waals surface area contributed by atoms with Crippen molar-refractivity contribution < 1.29 is 48.3 Å². The van der Waals surface area contributed by atoms with Crippen LogP contribution in [0.3, 0.4) is 0 Å². The van der Waals surface area contributed by atoms with Gasteiger partial charge in [-0.25, -0.2) is 44.3 Å². The summed E-state index contributed by atoms with van der Waals surface area (Å²) in [4.78, 5) is 75.6. The molecule has 94 heavy (non-hydrogen) atoms. The topological polar surface area (TPSA) is 225 Å². The van der Waals surface area contributed by atoms with Gasteiger partial charge in [0.15, 0.2) is 0 Å². The smallest absolute Gasteiger partial charge is 0.410 e. The molecule has 3 atom stereocenters. The second-order valence-electron chi connectivity index (χ2n) is 29.5. The quantitative estimate of drug-likeness (QED) is 0.0810. The van der Waals surface area contributed by atoms with E-state index in [1.165, 1.54) is 76.3 Å². The summed E-state index contributed by atoms with van der Waals surface area (Å²) in [5.74, 6) is 3.09. The Morgan fingerprint density at radius 3 is 1.14 bits per heavy atom. The summed E-state index contributed by atoms with van der Waals surface area (Å²) < 4.78 is 29.2. The second kappa shape index (κ2) is 32.0. The number of aliphatic hydroxyl groups is 2. The number of carbonyl (C=O) groups excluding carboxylic acids is 3. The Bertz CT molecular complexity index is 3350. The Hall–Kier alpha value is -5.26. The van der Waals surface area contributed by atoms with Crippen molar-refractivity contribution in [3.63, 3.8) is 0 Å². The van der Waals surface area contributed by atoms with Gasteiger partial charge in [-0.15, -0.1) is 34.0 Å². The SMILES string of the molecule is CCC[C@H]1CCc2sc3ncnc(Cl)c3c21.CCC[C@H]1CCc2sc3ncnc(OC4CCC(N(C)C(=O)OC(C)(C)C)CC4)c3c21.CN(C(=O)OC(C)(C)C)C1CCC(O)CC1.CN(C(=O)OC(C)(C)C)C1CCC(Oc2ncnc3sc4c(c23)[C@@H](CCO)CC4)CC1. The fourth-order valence-corrected chi connectivity index (χ4v) is 18.3. The molecule has 3 fully saturated rings. The number of amides is 3. The molecule has 0 aliphatic heterocycles. The van der Waals surface area contributed by atoms with Crippen molar-refractivity contribution in [3.8, 4) is 11.8 Å². The van der Waals surface area contributed by atoms with E-state index in [4.69, 9.17) is 35.3 Å². The van der Waals surface area contributed by atoms with Gasteiger partial charge in [0, 0.05) is 60.5 Å². The lowest BCUT2D eigenvalue weighted by atomic mass is 9.92. The fourth-order valence-electron chi connectivity index (χ4n) is 14.3. The molecule has 19 nitrogen and oxygen atoms in total. The zero-order chi connectivity index (χ0) is 67.8. The van der Waals surface area contributed by atoms with Gasteiger partial charge in [0.2, 0.25) is 11.8 Å². The molecule has 2 N–H and O–H groups in total. The predicted octanol–water partition coefficient (Wildman–Crippen LogP) is 17.1. The normalized spacial score (nSPS) is 23.3. The largest absolute Gasteiger partial charge is 0.474 e. The summed E-state index contributed by atoms with van der Waals surface area (Å²) >= 11 is 11.5. The van der Waals surface area contributed by atoms with E-state index in [0.717, 1.165) is 139 Å². The molecule has 23 heteroatoms. The molecule has 6 aliphatic rings. The van der Waals surface area contributed by atoms with Gasteiger partial charge in [-0.05, 0) is 232 Å². The van der Waals surface area contributed by atoms with Crippen molar-refractivity contribution in [3.05, 3.63) is 55.5 Å². The van der Waals surface area contributed by atoms with Gasteiger partial charge >= 0.3 is 18.3 Å². The number of nitrogens with zero attached hydrogens (tertiary/aromatic N) is 9. The molecule has 0 spiro atoms. The van der Waals surface area contributed by atoms with E-state index in [-0.39, 0.29) is 61.3 Å². The molecule has 12 rings (SSSR count). The number of rotatable bonds is 13. The van der Waals surface area contributed by atoms with Crippen LogP contribution < -0.4 is 9.47 Å². The van der Waals surface area contributed by atoms with Crippen LogP contribution in [0.15, 0.2) is 19.0 Å². The monoisotopic (exact) mass is 1370 g/mol. The van der Waals surface area contributed by atoms with Crippen molar-refractivity contribution in [2.24, 2.45) is 0 Å². The first-order chi connectivity index (χ1) is 44.6. The lowest BCUT2D eigenvalue weighted by Crippen LogP contribution is -2.43. The number of halogens is 1. The third-order valence-corrected chi connectivity index (χ3v) is 22.8. The summed E-state index contributed by atoms with van der Waals surface area (Å²) in [6.07, 6.45) is 27.1. The first-order valence-corrected chi connectivity index (χ1v) is 37.4. The molecule has 6 heterocycles. The minimum absolute atomic E-state index is 0.0784. The van der Waals surface area contributed by atoms with Crippen LogP contribution in [0.1, 0.15) is 254 Å². The molecule has 6 aliphatic carbocycles. The number of carbonyl (C=O) groups is 3. The molecule has 6 aromatic heterocycles. The minimum Gasteiger partial charge on any atom is -0.474 e. The highest BCUT2D eigenvalue weighted by molar-refractivity contribution is 7.19. The summed E-state index contributed by atoms with van der Waals surface area (Å²) in [5, 5.41) is 22.8. The average molecular weight is 1380 g/mol. The highest BCUT2D eigenvalue weighted by atomic mass is 35.5. The van der Waals surface area contributed by atoms with Crippen LogP contribution >= 0.6 is 45.6 Å². The maximum absolute atomic E-state index is 12.4. The van der Waals surface area contributed by atoms with E-state index in [2.05, 4.69) is 43.8 Å². The molecule has 0 bridgehead atoms. The van der Waals surface area contributed by atoms with E-state index in [1.54, 1.807) is 63.4 Å². The number of thiophene rings is 3. The summed E-state index contributed by atoms with van der Waals surface area (Å²) in [5.41, 5.74) is 2.80. The number of hydrogen-bond acceptors (Lipinski definition) is 19. The number of ether oxygens (including phenoxy) is 5. The molecule has 6 aromatic rings. The standard InChI is InChI=1S/C24H35N3O3S.C23H33N3O4S.C12H13ClN2S.C12H23NO3/c1-6-7-15-8-13-18-19(15)20-21(25-14-26-22(20)31-18)29-17-11-9-16(10-12-17)27(5)23(28)30-24(2,3)4;1-23(2,3)30-22(28)26(4)15-6-8-16(9-7-15)29-20-19-18-14(11-12-27)5-10-17(18)31-21(19)25-13-24-20;1-2-3-7-4-5-8-9(7)10-11(13)14-6-15-12(10)16-8;1-12(2,3)16-11(15)13(4)9-5-7-10(14)8-6-9/h14-17H,6-13H2,1-5H3;13-16,27H,5-12H2,1-4H3;6-7H,2-5H2,1H3;9-10,14H,5-8H2,1-4H3/t15-,16?,17?;14-,15?,16?;7-;/m010./s1. The number of aromatic nitrogens is 6. The van der Waals surface area contributed by atoms with Crippen LogP contribution in [0, 0.1) is 0 Å². The van der Waals surface area contributed by atoms with Crippen molar-refractivity contribution in [2.75, 3.05) is 27.7 Å². The minimum atomic E-state index is -0.487. The van der Waals surface area contributed by atoms with Gasteiger partial charge in [-0.3, -0.25) is 0 Å². The first kappa shape index (κ1) is 73.0. The second-order valence-corrected chi connectivity index (χ2v) is 33.1. The molecule has 0 unspecified atom stereocenters. The van der Waals surface area contributed by atoms with Crippen molar-refractivity contribution in [1.82, 2.24) is 44.6 Å². The zero-order valence-electron chi connectivity index (χ0n) is 58.2. The first-order valence-electron chi connectivity index (χ1n) is 34.6. The molecule has 0 aromatic carbocycles. The lowest BCUT2D eigenvalue weighted by Gasteiger charge is -2.35. The highest BCUT2D eigenvalue weighted by Gasteiger charge is 2.37. The number of aryl methyl sites for hydroxylation is 3. The maximum Gasteiger partial charge on any atom is 0.410 e. The summed E-state index contributed by atoms with van der Waals surface area (Å²) in [6, 6.07) is 0.567. The number of aliphatic hydroxyl groups excluding tert-OH is 2. The molecular weight excluding hydrogens is 1270 g/mol. The van der Waals surface area contributed by atoms with Crippen molar-refractivity contribution in [2.45, 2.75) is 295 Å². The van der Waals surface area contributed by atoms with Gasteiger partial charge < -0.3 is 48.6 Å². The Labute approximate surface area is 573 Å². The highest BCUT2D eigenvalue weighted by Crippen LogP contribution is 2.50. The van der Waals surface area contributed by atoms with Gasteiger partial charge in [0.05, 0.1) is 22.3 Å². The molecule has 3 amide bonds. The molecule has 0 saturated heterocycles. The molecular formula is C71H104ClN9O10S3. The Kier molecular flexibility index (Phi) is 24.8. The van der Waals surface area contributed by atoms with Crippen molar-refractivity contribution >= 4 is 94.5 Å². The van der Waals surface area contributed by atoms with Crippen molar-refractivity contribution in [1.29, 1.82) is 0 Å². The van der Waals surface area contributed by atoms with E-state index in [0.29, 0.717) is 28.8 Å². The summed E-state index contributed by atoms with van der Waals surface area (Å²) in [6.45, 7) is 21.7. The molecule has 3 saturated carbocycles. The maximum atomic E-state index is 12.4. The third kappa shape index (κ3) is 18.5. The molecule has 0 radical (unpaired) electrons. The van der Waals surface area contributed by atoms with Crippen LogP contribution in [-0.2, 0) is 33.5 Å². The Morgan fingerprint density at radius 2 is 0.798 bits per heavy atom. The van der Waals surface area contributed by atoms with E-state index < -0.39 is 16.8 Å². The van der Waals surface area contributed by atoms with Gasteiger partial charge in [-0.2, -0.15) is 0 Å². The fraction of sp³-hybridized carbons (Fsp3) is 0.704. The number of hydrogen-bond donors (Lipinski definition) is 2. The third-order valence-electron chi connectivity index (χ3n) is 19.0. The van der Waals surface area contributed by atoms with Crippen LogP contribution in [0.25, 0.3) is 30.6 Å². The zero-order valence-corrected chi connectivity index (χ0v) is 61.4. The van der Waals surface area contributed by atoms with Crippen LogP contribution in [0.2, 0.25) is 5.15 Å². The Morgan fingerprint density at radius 1 is 0.479 bits per heavy atom. The van der Waals surface area contributed by atoms with Gasteiger partial charge in [0.1, 0.15) is 67.6 Å². The summed E-state index contributed by atoms with van der Waals surface area (Å²) in [7, 11) is 5.44. The van der Waals surface area contributed by atoms with Gasteiger partial charge in [0.25, 0.3) is 0 Å². The van der Waals surface area contributed by atoms with E-state index in [9.17, 15) is 24.6 Å². The molecule has 518 valence electrons. The average Bonchev–Trinajstić information content (AvgIpc) is 1.62. The van der Waals surface area contributed by atoms with E-state index >= 15 is 0 Å². The number of fused-ring (bicyclic) bond motifs is 9. The lowest BCUT2D eigenvalue weighted by molar-refractivity contribution is 0.0118. The predicted molar refractivity (Wildman–Crippen MR) is 376 cm³/mol. The van der Waals surface area contributed by atoms with Crippen LogP contribution in [-0.4, -0.2) is 154 Å². The van der Waals surface area contributed by atoms with E-state index in [1.807, 2.05) is 87.7 Å². The van der Waals surface area contributed by atoms with Gasteiger partial charge in [-0.1, -0.05) is 38.3 Å². The van der Waals surface area contributed by atoms with Crippen LogP contribution in [0.5, 0.6) is 11.8 Å². The Balaban J connectivity index is 0.000000155. The van der Waals surface area contributed by atoms with Crippen LogP contribution in [0.4, 0.5) is 14.4 Å².